The van der Waals surface area contributed by atoms with Crippen LogP contribution in [0.15, 0.2) is 59.1 Å². The molecule has 2 heterocycles. The Kier molecular flexibility index (Phi) is 6.26. The fourth-order valence-electron chi connectivity index (χ4n) is 3.60. The Labute approximate surface area is 176 Å². The number of carbonyl (C=O) groups is 1. The standard InChI is InChI=1S/C24H27N3O3/c1-17-7-9-19(10-8-17)22-16-26-24(30-22)21-6-4-3-5-20(21)23(28)25-15-18(2)27-11-13-29-14-12-27/h3-10,16,18H,11-15H2,1-2H3,(H,25,28). The van der Waals surface area contributed by atoms with Crippen LogP contribution in [0.4, 0.5) is 0 Å². The summed E-state index contributed by atoms with van der Waals surface area (Å²) in [5.41, 5.74) is 3.39. The number of nitrogens with one attached hydrogen (secondary N) is 1. The molecule has 1 aliphatic heterocycles. The highest BCUT2D eigenvalue weighted by Gasteiger charge is 2.20. The molecule has 1 aromatic heterocycles. The maximum absolute atomic E-state index is 12.9. The molecule has 1 amide bonds. The minimum atomic E-state index is -0.124. The zero-order chi connectivity index (χ0) is 20.9. The lowest BCUT2D eigenvalue weighted by molar-refractivity contribution is 0.0204. The smallest absolute Gasteiger partial charge is 0.252 e. The summed E-state index contributed by atoms with van der Waals surface area (Å²) in [4.78, 5) is 19.7. The van der Waals surface area contributed by atoms with Crippen molar-refractivity contribution in [2.75, 3.05) is 32.8 Å². The predicted molar refractivity (Wildman–Crippen MR) is 116 cm³/mol. The first kappa shape index (κ1) is 20.3. The molecule has 0 aliphatic carbocycles. The number of ether oxygens (including phenoxy) is 1. The quantitative estimate of drug-likeness (QED) is 0.676. The Hall–Kier alpha value is -2.96. The van der Waals surface area contributed by atoms with Gasteiger partial charge in [0.25, 0.3) is 5.91 Å². The molecule has 3 aromatic rings. The van der Waals surface area contributed by atoms with E-state index >= 15 is 0 Å². The van der Waals surface area contributed by atoms with Crippen molar-refractivity contribution >= 4 is 5.91 Å². The molecule has 1 saturated heterocycles. The highest BCUT2D eigenvalue weighted by atomic mass is 16.5. The van der Waals surface area contributed by atoms with E-state index in [-0.39, 0.29) is 11.9 Å². The number of oxazole rings is 1. The first-order valence-electron chi connectivity index (χ1n) is 10.3. The molecule has 1 N–H and O–H groups in total. The van der Waals surface area contributed by atoms with Crippen molar-refractivity contribution in [3.63, 3.8) is 0 Å². The Morgan fingerprint density at radius 1 is 1.13 bits per heavy atom. The van der Waals surface area contributed by atoms with Gasteiger partial charge >= 0.3 is 0 Å². The molecule has 0 spiro atoms. The molecular weight excluding hydrogens is 378 g/mol. The van der Waals surface area contributed by atoms with Crippen molar-refractivity contribution in [1.82, 2.24) is 15.2 Å². The van der Waals surface area contributed by atoms with Gasteiger partial charge in [-0.2, -0.15) is 0 Å². The van der Waals surface area contributed by atoms with E-state index in [9.17, 15) is 4.79 Å². The molecule has 0 radical (unpaired) electrons. The van der Waals surface area contributed by atoms with Crippen LogP contribution in [0.5, 0.6) is 0 Å². The van der Waals surface area contributed by atoms with Crippen LogP contribution in [0.2, 0.25) is 0 Å². The van der Waals surface area contributed by atoms with Crippen LogP contribution >= 0.6 is 0 Å². The van der Waals surface area contributed by atoms with Gasteiger partial charge in [-0.3, -0.25) is 9.69 Å². The molecule has 0 saturated carbocycles. The van der Waals surface area contributed by atoms with Crippen LogP contribution in [0.25, 0.3) is 22.8 Å². The lowest BCUT2D eigenvalue weighted by Crippen LogP contribution is -2.47. The van der Waals surface area contributed by atoms with Crippen LogP contribution in [0.1, 0.15) is 22.8 Å². The Morgan fingerprint density at radius 2 is 1.87 bits per heavy atom. The summed E-state index contributed by atoms with van der Waals surface area (Å²) >= 11 is 0. The third-order valence-corrected chi connectivity index (χ3v) is 5.47. The number of morpholine rings is 1. The third kappa shape index (κ3) is 4.61. The maximum atomic E-state index is 12.9. The van der Waals surface area contributed by atoms with Crippen molar-refractivity contribution in [2.45, 2.75) is 19.9 Å². The predicted octanol–water partition coefficient (Wildman–Crippen LogP) is 3.77. The molecule has 1 atom stereocenters. The fourth-order valence-corrected chi connectivity index (χ4v) is 3.60. The van der Waals surface area contributed by atoms with Crippen LogP contribution in [-0.4, -0.2) is 54.7 Å². The van der Waals surface area contributed by atoms with E-state index in [1.54, 1.807) is 12.3 Å². The number of rotatable bonds is 6. The largest absolute Gasteiger partial charge is 0.436 e. The lowest BCUT2D eigenvalue weighted by atomic mass is 10.1. The van der Waals surface area contributed by atoms with E-state index < -0.39 is 0 Å². The molecule has 1 aliphatic rings. The lowest BCUT2D eigenvalue weighted by Gasteiger charge is -2.32. The van der Waals surface area contributed by atoms with Crippen LogP contribution < -0.4 is 5.32 Å². The Balaban J connectivity index is 1.48. The van der Waals surface area contributed by atoms with Gasteiger partial charge in [0.2, 0.25) is 5.89 Å². The van der Waals surface area contributed by atoms with Gasteiger partial charge in [0.05, 0.1) is 25.0 Å². The summed E-state index contributed by atoms with van der Waals surface area (Å²) in [5.74, 6) is 1.000. The molecule has 1 fully saturated rings. The van der Waals surface area contributed by atoms with Crippen LogP contribution in [0.3, 0.4) is 0 Å². The van der Waals surface area contributed by atoms with E-state index in [1.165, 1.54) is 5.56 Å². The zero-order valence-electron chi connectivity index (χ0n) is 17.4. The van der Waals surface area contributed by atoms with Crippen LogP contribution in [0, 0.1) is 6.92 Å². The molecule has 30 heavy (non-hydrogen) atoms. The van der Waals surface area contributed by atoms with Crippen molar-refractivity contribution in [2.24, 2.45) is 0 Å². The summed E-state index contributed by atoms with van der Waals surface area (Å²) in [6.07, 6.45) is 1.70. The minimum Gasteiger partial charge on any atom is -0.436 e. The fraction of sp³-hybridized carbons (Fsp3) is 0.333. The Morgan fingerprint density at radius 3 is 2.63 bits per heavy atom. The summed E-state index contributed by atoms with van der Waals surface area (Å²) < 4.78 is 11.4. The second-order valence-corrected chi connectivity index (χ2v) is 7.65. The number of amides is 1. The number of hydrogen-bond acceptors (Lipinski definition) is 5. The molecule has 6 nitrogen and oxygen atoms in total. The van der Waals surface area contributed by atoms with E-state index in [1.807, 2.05) is 49.4 Å². The number of aryl methyl sites for hydroxylation is 1. The van der Waals surface area contributed by atoms with Crippen molar-refractivity contribution in [3.05, 3.63) is 65.9 Å². The average Bonchev–Trinajstić information content (AvgIpc) is 3.28. The molecular formula is C24H27N3O3. The van der Waals surface area contributed by atoms with E-state index in [0.29, 0.717) is 29.3 Å². The number of benzene rings is 2. The second-order valence-electron chi connectivity index (χ2n) is 7.65. The summed E-state index contributed by atoms with van der Waals surface area (Å²) in [6.45, 7) is 8.03. The molecule has 0 bridgehead atoms. The van der Waals surface area contributed by atoms with Crippen molar-refractivity contribution < 1.29 is 13.9 Å². The highest BCUT2D eigenvalue weighted by Crippen LogP contribution is 2.28. The summed E-state index contributed by atoms with van der Waals surface area (Å²) in [7, 11) is 0. The SMILES string of the molecule is Cc1ccc(-c2cnc(-c3ccccc3C(=O)NCC(C)N3CCOCC3)o2)cc1. The van der Waals surface area contributed by atoms with Crippen LogP contribution in [-0.2, 0) is 4.74 Å². The molecule has 2 aromatic carbocycles. The second kappa shape index (κ2) is 9.24. The summed E-state index contributed by atoms with van der Waals surface area (Å²) in [5, 5.41) is 3.06. The zero-order valence-corrected chi connectivity index (χ0v) is 17.4. The normalized spacial score (nSPS) is 15.7. The van der Waals surface area contributed by atoms with E-state index in [4.69, 9.17) is 9.15 Å². The van der Waals surface area contributed by atoms with Gasteiger partial charge in [-0.25, -0.2) is 4.98 Å². The number of aromatic nitrogens is 1. The molecule has 6 heteroatoms. The number of nitrogens with zero attached hydrogens (tertiary/aromatic N) is 2. The first-order valence-corrected chi connectivity index (χ1v) is 10.3. The van der Waals surface area contributed by atoms with E-state index in [2.05, 4.69) is 22.1 Å². The Bertz CT molecular complexity index is 991. The van der Waals surface area contributed by atoms with Gasteiger partial charge < -0.3 is 14.5 Å². The molecule has 1 unspecified atom stereocenters. The van der Waals surface area contributed by atoms with Gasteiger partial charge in [-0.1, -0.05) is 42.0 Å². The van der Waals surface area contributed by atoms with Crippen molar-refractivity contribution in [3.8, 4) is 22.8 Å². The van der Waals surface area contributed by atoms with Gasteiger partial charge in [-0.15, -0.1) is 0 Å². The van der Waals surface area contributed by atoms with Gasteiger partial charge in [0, 0.05) is 36.8 Å². The minimum absolute atomic E-state index is 0.124. The van der Waals surface area contributed by atoms with Gasteiger partial charge in [0.1, 0.15) is 0 Å². The number of hydrogen-bond donors (Lipinski definition) is 1. The maximum Gasteiger partial charge on any atom is 0.252 e. The monoisotopic (exact) mass is 405 g/mol. The van der Waals surface area contributed by atoms with Crippen molar-refractivity contribution in [1.29, 1.82) is 0 Å². The highest BCUT2D eigenvalue weighted by molar-refractivity contribution is 6.00. The van der Waals surface area contributed by atoms with E-state index in [0.717, 1.165) is 31.9 Å². The van der Waals surface area contributed by atoms with Gasteiger partial charge in [-0.05, 0) is 26.0 Å². The topological polar surface area (TPSA) is 67.6 Å². The average molecular weight is 405 g/mol. The number of carbonyl (C=O) groups excluding carboxylic acids is 1. The van der Waals surface area contributed by atoms with Gasteiger partial charge in [0.15, 0.2) is 5.76 Å². The molecule has 156 valence electrons. The first-order chi connectivity index (χ1) is 14.6. The summed E-state index contributed by atoms with van der Waals surface area (Å²) in [6, 6.07) is 15.7. The third-order valence-electron chi connectivity index (χ3n) is 5.47. The molecule has 4 rings (SSSR count).